The van der Waals surface area contributed by atoms with Crippen molar-refractivity contribution in [2.45, 2.75) is 58.6 Å². The minimum atomic E-state index is -1.50. The van der Waals surface area contributed by atoms with Crippen molar-refractivity contribution in [3.05, 3.63) is 58.7 Å². The van der Waals surface area contributed by atoms with Crippen molar-refractivity contribution in [2.75, 3.05) is 33.3 Å². The van der Waals surface area contributed by atoms with E-state index < -0.39 is 53.5 Å². The first kappa shape index (κ1) is 33.1. The van der Waals surface area contributed by atoms with Gasteiger partial charge in [0.1, 0.15) is 17.7 Å². The average Bonchev–Trinajstić information content (AvgIpc) is 2.90. The number of carbonyl (C=O) groups is 3. The maximum atomic E-state index is 14.5. The monoisotopic (exact) mass is 564 g/mol. The molecule has 3 amide bonds. The highest BCUT2D eigenvalue weighted by Gasteiger charge is 2.50. The van der Waals surface area contributed by atoms with E-state index in [1.807, 2.05) is 13.8 Å². The molecule has 4 atom stereocenters. The summed E-state index contributed by atoms with van der Waals surface area (Å²) in [6.45, 7) is 5.64. The van der Waals surface area contributed by atoms with Crippen LogP contribution in [0, 0.1) is 23.0 Å². The Morgan fingerprint density at radius 1 is 1.12 bits per heavy atom. The number of nitrogens with one attached hydrogen (secondary N) is 2. The van der Waals surface area contributed by atoms with Crippen LogP contribution in [0.4, 0.5) is 8.78 Å². The van der Waals surface area contributed by atoms with Gasteiger partial charge in [-0.05, 0) is 50.3 Å². The van der Waals surface area contributed by atoms with Crippen molar-refractivity contribution in [1.82, 2.24) is 15.5 Å². The summed E-state index contributed by atoms with van der Waals surface area (Å²) in [6, 6.07) is 1.96. The van der Waals surface area contributed by atoms with E-state index in [0.29, 0.717) is 31.5 Å². The molecule has 1 aliphatic carbocycles. The third-order valence-corrected chi connectivity index (χ3v) is 7.18. The molecule has 0 saturated carbocycles. The summed E-state index contributed by atoms with van der Waals surface area (Å²) in [4.78, 5) is 40.6. The highest BCUT2D eigenvalue weighted by Crippen LogP contribution is 2.45. The van der Waals surface area contributed by atoms with Crippen LogP contribution in [0.5, 0.6) is 0 Å². The molecule has 0 spiro atoms. The van der Waals surface area contributed by atoms with Gasteiger partial charge in [0.15, 0.2) is 0 Å². The quantitative estimate of drug-likeness (QED) is 0.219. The Morgan fingerprint density at radius 2 is 1.73 bits per heavy atom. The molecule has 0 aromatic heterocycles. The minimum absolute atomic E-state index is 0.124. The lowest BCUT2D eigenvalue weighted by Gasteiger charge is -2.45. The summed E-state index contributed by atoms with van der Waals surface area (Å²) in [5, 5.41) is 26.5. The molecule has 2 rings (SSSR count). The third-order valence-electron chi connectivity index (χ3n) is 7.18. The fraction of sp³-hybridized carbons (Fsp3) is 0.552. The van der Waals surface area contributed by atoms with Gasteiger partial charge in [0.25, 0.3) is 0 Å². The van der Waals surface area contributed by atoms with Crippen LogP contribution in [0.2, 0.25) is 0 Å². The van der Waals surface area contributed by atoms with Gasteiger partial charge in [-0.25, -0.2) is 8.78 Å². The highest BCUT2D eigenvalue weighted by molar-refractivity contribution is 5.96. The first-order chi connectivity index (χ1) is 18.9. The largest absolute Gasteiger partial charge is 0.394 e. The number of allylic oxidation sites excluding steroid dienone is 2. The van der Waals surface area contributed by atoms with Crippen LogP contribution < -0.4 is 16.4 Å². The summed E-state index contributed by atoms with van der Waals surface area (Å²) < 4.78 is 28.4. The summed E-state index contributed by atoms with van der Waals surface area (Å²) in [7, 11) is 1.40. The van der Waals surface area contributed by atoms with E-state index in [4.69, 9.17) is 5.73 Å². The normalized spacial score (nSPS) is 19.2. The Hall–Kier alpha value is -3.15. The molecule has 0 radical (unpaired) electrons. The SMILES string of the molecule is CCCN(CCC)C(=O)C1([C@H](Cc2cc(F)cc(F)c2)[C@@H](O)CN[C@H](CO)C(=O)NC)C=C(C)C=C(C(N)=O)C1. The first-order valence-electron chi connectivity index (χ1n) is 13.6. The number of aliphatic hydroxyl groups excluding tert-OH is 2. The number of hydrogen-bond acceptors (Lipinski definition) is 6. The van der Waals surface area contributed by atoms with Crippen molar-refractivity contribution < 1.29 is 33.4 Å². The smallest absolute Gasteiger partial charge is 0.244 e. The zero-order valence-corrected chi connectivity index (χ0v) is 23.7. The molecule has 9 nitrogen and oxygen atoms in total. The van der Waals surface area contributed by atoms with Gasteiger partial charge in [-0.2, -0.15) is 0 Å². The number of rotatable bonds is 15. The van der Waals surface area contributed by atoms with Crippen LogP contribution in [0.15, 0.2) is 41.5 Å². The van der Waals surface area contributed by atoms with Crippen molar-refractivity contribution in [3.63, 3.8) is 0 Å². The molecule has 0 bridgehead atoms. The number of likely N-dealkylation sites (N-methyl/N-ethyl adjacent to an activating group) is 1. The Kier molecular flexibility index (Phi) is 12.4. The van der Waals surface area contributed by atoms with Crippen LogP contribution in [0.3, 0.4) is 0 Å². The zero-order chi connectivity index (χ0) is 30.0. The van der Waals surface area contributed by atoms with Gasteiger partial charge in [-0.1, -0.05) is 31.6 Å². The molecule has 11 heteroatoms. The Labute approximate surface area is 234 Å². The number of benzene rings is 1. The lowest BCUT2D eigenvalue weighted by atomic mass is 9.63. The summed E-state index contributed by atoms with van der Waals surface area (Å²) in [5.41, 5.74) is 5.15. The predicted octanol–water partition coefficient (Wildman–Crippen LogP) is 1.58. The van der Waals surface area contributed by atoms with Crippen molar-refractivity contribution in [1.29, 1.82) is 0 Å². The number of primary amides is 1. The van der Waals surface area contributed by atoms with Crippen LogP contribution in [0.1, 0.15) is 45.6 Å². The molecule has 40 heavy (non-hydrogen) atoms. The Balaban J connectivity index is 2.71. The molecule has 0 fully saturated rings. The third kappa shape index (κ3) is 8.18. The topological polar surface area (TPSA) is 145 Å². The second-order valence-corrected chi connectivity index (χ2v) is 10.3. The van der Waals surface area contributed by atoms with Crippen LogP contribution in [-0.2, 0) is 20.8 Å². The first-order valence-corrected chi connectivity index (χ1v) is 13.6. The van der Waals surface area contributed by atoms with E-state index in [-0.39, 0.29) is 36.4 Å². The van der Waals surface area contributed by atoms with E-state index in [1.165, 1.54) is 7.05 Å². The molecule has 0 saturated heterocycles. The van der Waals surface area contributed by atoms with Crippen molar-refractivity contribution in [2.24, 2.45) is 17.1 Å². The number of hydrogen-bond donors (Lipinski definition) is 5. The lowest BCUT2D eigenvalue weighted by molar-refractivity contribution is -0.145. The van der Waals surface area contributed by atoms with Gasteiger partial charge in [0, 0.05) is 44.2 Å². The Bertz CT molecular complexity index is 1100. The number of aliphatic hydroxyl groups is 2. The molecule has 222 valence electrons. The number of amides is 3. The predicted molar refractivity (Wildman–Crippen MR) is 148 cm³/mol. The second-order valence-electron chi connectivity index (χ2n) is 10.3. The molecule has 1 aromatic rings. The molecule has 0 aliphatic heterocycles. The van der Waals surface area contributed by atoms with E-state index in [0.717, 1.165) is 18.2 Å². The van der Waals surface area contributed by atoms with Crippen LogP contribution >= 0.6 is 0 Å². The van der Waals surface area contributed by atoms with Gasteiger partial charge in [-0.15, -0.1) is 0 Å². The summed E-state index contributed by atoms with van der Waals surface area (Å²) >= 11 is 0. The molecular weight excluding hydrogens is 522 g/mol. The maximum Gasteiger partial charge on any atom is 0.244 e. The van der Waals surface area contributed by atoms with E-state index in [2.05, 4.69) is 10.6 Å². The van der Waals surface area contributed by atoms with Crippen LogP contribution in [0.25, 0.3) is 0 Å². The molecular formula is C29H42F2N4O5. The van der Waals surface area contributed by atoms with Gasteiger partial charge >= 0.3 is 0 Å². The molecule has 1 aliphatic rings. The second kappa shape index (κ2) is 15.0. The van der Waals surface area contributed by atoms with E-state index in [9.17, 15) is 33.4 Å². The lowest BCUT2D eigenvalue weighted by Crippen LogP contribution is -2.55. The minimum Gasteiger partial charge on any atom is -0.394 e. The van der Waals surface area contributed by atoms with Gasteiger partial charge < -0.3 is 31.5 Å². The molecule has 6 N–H and O–H groups in total. The Morgan fingerprint density at radius 3 is 2.23 bits per heavy atom. The maximum absolute atomic E-state index is 14.5. The standard InChI is InChI=1S/C29H42F2N4O5/c1-5-7-35(8-6-2)28(40)29(14-18(3)9-20(15-29)26(32)38)23(12-19-10-21(30)13-22(31)11-19)25(37)16-34-24(17-36)27(39)33-4/h9-11,13-14,23-25,34,36-37H,5-8,12,15-17H2,1-4H3,(H2,32,38)(H,33,39)/t23-,24-,25+,29?/m1/s1. The number of nitrogens with zero attached hydrogens (tertiary/aromatic N) is 1. The number of nitrogens with two attached hydrogens (primary N) is 1. The number of carbonyl (C=O) groups excluding carboxylic acids is 3. The fourth-order valence-corrected chi connectivity index (χ4v) is 5.45. The van der Waals surface area contributed by atoms with E-state index in [1.54, 1.807) is 24.0 Å². The van der Waals surface area contributed by atoms with Gasteiger partial charge in [0.05, 0.1) is 18.1 Å². The van der Waals surface area contributed by atoms with E-state index >= 15 is 0 Å². The van der Waals surface area contributed by atoms with Gasteiger partial charge in [0.2, 0.25) is 17.7 Å². The van der Waals surface area contributed by atoms with Gasteiger partial charge in [-0.3, -0.25) is 14.4 Å². The number of halogens is 2. The van der Waals surface area contributed by atoms with Crippen LogP contribution in [-0.4, -0.2) is 78.3 Å². The molecule has 0 heterocycles. The molecule has 1 unspecified atom stereocenters. The molecule has 1 aromatic carbocycles. The zero-order valence-electron chi connectivity index (χ0n) is 23.7. The summed E-state index contributed by atoms with van der Waals surface area (Å²) in [6.07, 6.45) is 3.01. The fourth-order valence-electron chi connectivity index (χ4n) is 5.45. The highest BCUT2D eigenvalue weighted by atomic mass is 19.1. The summed E-state index contributed by atoms with van der Waals surface area (Å²) in [5.74, 6) is -4.19. The van der Waals surface area contributed by atoms with Crippen molar-refractivity contribution >= 4 is 17.7 Å². The average molecular weight is 565 g/mol. The van der Waals surface area contributed by atoms with Crippen molar-refractivity contribution in [3.8, 4) is 0 Å².